The van der Waals surface area contributed by atoms with Crippen molar-refractivity contribution in [1.29, 1.82) is 0 Å². The number of rotatable bonds is 4. The van der Waals surface area contributed by atoms with E-state index in [9.17, 15) is 9.18 Å². The van der Waals surface area contributed by atoms with Crippen molar-refractivity contribution in [3.8, 4) is 0 Å². The highest BCUT2D eigenvalue weighted by atomic mass is 35.5. The fraction of sp³-hybridized carbons (Fsp3) is 0.450. The first-order valence-electron chi connectivity index (χ1n) is 9.25. The fourth-order valence-electron chi connectivity index (χ4n) is 4.00. The zero-order chi connectivity index (χ0) is 18.1. The van der Waals surface area contributed by atoms with Crippen LogP contribution >= 0.6 is 11.6 Å². The summed E-state index contributed by atoms with van der Waals surface area (Å²) in [6, 6.07) is 6.84. The van der Waals surface area contributed by atoms with Crippen LogP contribution < -0.4 is 4.90 Å². The molecule has 4 rings (SSSR count). The maximum Gasteiger partial charge on any atom is 0.164 e. The fourth-order valence-corrected chi connectivity index (χ4v) is 4.16. The lowest BCUT2D eigenvalue weighted by molar-refractivity contribution is 0.0971. The minimum Gasteiger partial charge on any atom is -0.367 e. The number of fused-ring (bicyclic) bond motifs is 1. The first kappa shape index (κ1) is 17.6. The van der Waals surface area contributed by atoms with Crippen molar-refractivity contribution in [2.45, 2.75) is 25.8 Å². The van der Waals surface area contributed by atoms with Crippen molar-refractivity contribution in [3.63, 3.8) is 0 Å². The minimum atomic E-state index is -0.255. The molecule has 1 aromatic carbocycles. The molecule has 1 aromatic heterocycles. The normalized spacial score (nSPS) is 18.2. The SMILES string of the molecule is O=C1CCCc2c1ccn2CCN1CCN(c2ccc(Cl)cc2F)CC1. The number of hydrogen-bond acceptors (Lipinski definition) is 3. The molecule has 1 aliphatic carbocycles. The molecular weight excluding hydrogens is 353 g/mol. The molecule has 0 unspecified atom stereocenters. The van der Waals surface area contributed by atoms with Crippen molar-refractivity contribution in [2.75, 3.05) is 37.6 Å². The summed E-state index contributed by atoms with van der Waals surface area (Å²) < 4.78 is 16.3. The molecule has 4 nitrogen and oxygen atoms in total. The number of aromatic nitrogens is 1. The zero-order valence-corrected chi connectivity index (χ0v) is 15.5. The Hall–Kier alpha value is -1.85. The van der Waals surface area contributed by atoms with Crippen molar-refractivity contribution in [3.05, 3.63) is 52.6 Å². The van der Waals surface area contributed by atoms with E-state index in [4.69, 9.17) is 11.6 Å². The van der Waals surface area contributed by atoms with Gasteiger partial charge in [0.15, 0.2) is 5.78 Å². The van der Waals surface area contributed by atoms with Crippen molar-refractivity contribution >= 4 is 23.1 Å². The van der Waals surface area contributed by atoms with Gasteiger partial charge in [0.25, 0.3) is 0 Å². The van der Waals surface area contributed by atoms with E-state index < -0.39 is 0 Å². The van der Waals surface area contributed by atoms with Gasteiger partial charge in [-0.3, -0.25) is 9.69 Å². The second-order valence-electron chi connectivity index (χ2n) is 7.07. The Morgan fingerprint density at radius 2 is 1.85 bits per heavy atom. The summed E-state index contributed by atoms with van der Waals surface area (Å²) in [7, 11) is 0. The quantitative estimate of drug-likeness (QED) is 0.817. The van der Waals surface area contributed by atoms with Crippen LogP contribution in [0.3, 0.4) is 0 Å². The van der Waals surface area contributed by atoms with Gasteiger partial charge in [-0.05, 0) is 37.1 Å². The van der Waals surface area contributed by atoms with E-state index in [-0.39, 0.29) is 11.6 Å². The van der Waals surface area contributed by atoms with Crippen LogP contribution in [0.2, 0.25) is 5.02 Å². The van der Waals surface area contributed by atoms with Gasteiger partial charge in [0.05, 0.1) is 5.69 Å². The number of benzene rings is 1. The third kappa shape index (κ3) is 3.51. The molecule has 2 aliphatic rings. The number of hydrogen-bond donors (Lipinski definition) is 0. The summed E-state index contributed by atoms with van der Waals surface area (Å²) in [5, 5.41) is 0.429. The van der Waals surface area contributed by atoms with E-state index >= 15 is 0 Å². The Labute approximate surface area is 158 Å². The van der Waals surface area contributed by atoms with Crippen LogP contribution in [-0.4, -0.2) is 48.0 Å². The lowest BCUT2D eigenvalue weighted by Gasteiger charge is -2.36. The number of Topliss-reactive ketones (excluding diaryl/α,β-unsaturated/α-hetero) is 1. The maximum atomic E-state index is 14.1. The third-order valence-electron chi connectivity index (χ3n) is 5.48. The zero-order valence-electron chi connectivity index (χ0n) is 14.8. The number of piperazine rings is 1. The number of carbonyl (C=O) groups is 1. The van der Waals surface area contributed by atoms with E-state index in [1.54, 1.807) is 12.1 Å². The summed E-state index contributed by atoms with van der Waals surface area (Å²) in [6.45, 7) is 5.28. The number of halogens is 2. The summed E-state index contributed by atoms with van der Waals surface area (Å²) in [6.07, 6.45) is 4.69. The summed E-state index contributed by atoms with van der Waals surface area (Å²) >= 11 is 5.84. The molecule has 6 heteroatoms. The predicted octanol–water partition coefficient (Wildman–Crippen LogP) is 3.62. The van der Waals surface area contributed by atoms with Gasteiger partial charge >= 0.3 is 0 Å². The second-order valence-corrected chi connectivity index (χ2v) is 7.51. The first-order valence-corrected chi connectivity index (χ1v) is 9.63. The molecule has 0 spiro atoms. The van der Waals surface area contributed by atoms with E-state index in [2.05, 4.69) is 14.4 Å². The largest absolute Gasteiger partial charge is 0.367 e. The van der Waals surface area contributed by atoms with E-state index in [0.29, 0.717) is 17.1 Å². The molecule has 0 saturated carbocycles. The molecule has 0 bridgehead atoms. The Morgan fingerprint density at radius 1 is 1.04 bits per heavy atom. The van der Waals surface area contributed by atoms with Crippen molar-refractivity contribution < 1.29 is 9.18 Å². The highest BCUT2D eigenvalue weighted by Crippen LogP contribution is 2.25. The molecule has 138 valence electrons. The highest BCUT2D eigenvalue weighted by Gasteiger charge is 2.22. The Bertz CT molecular complexity index is 811. The summed E-state index contributed by atoms with van der Waals surface area (Å²) in [4.78, 5) is 16.4. The molecule has 1 saturated heterocycles. The number of anilines is 1. The standard InChI is InChI=1S/C20H23ClFN3O/c21-15-4-5-19(17(22)14-15)25-12-9-23(10-13-25)8-11-24-7-6-16-18(24)2-1-3-20(16)26/h4-7,14H,1-3,8-13H2. The molecule has 0 amide bonds. The van der Waals surface area contributed by atoms with E-state index in [1.165, 1.54) is 11.8 Å². The van der Waals surface area contributed by atoms with Crippen molar-refractivity contribution in [2.24, 2.45) is 0 Å². The first-order chi connectivity index (χ1) is 12.6. The lowest BCUT2D eigenvalue weighted by Crippen LogP contribution is -2.47. The summed E-state index contributed by atoms with van der Waals surface area (Å²) in [5.74, 6) is 0.0261. The van der Waals surface area contributed by atoms with Crippen LogP contribution in [0, 0.1) is 5.82 Å². The molecule has 0 radical (unpaired) electrons. The highest BCUT2D eigenvalue weighted by molar-refractivity contribution is 6.30. The number of nitrogens with zero attached hydrogens (tertiary/aromatic N) is 3. The van der Waals surface area contributed by atoms with Crippen molar-refractivity contribution in [1.82, 2.24) is 9.47 Å². The van der Waals surface area contributed by atoms with Gasteiger partial charge in [-0.2, -0.15) is 0 Å². The Kier molecular flexibility index (Phi) is 5.00. The predicted molar refractivity (Wildman–Crippen MR) is 102 cm³/mol. The van der Waals surface area contributed by atoms with Crippen LogP contribution in [0.1, 0.15) is 28.9 Å². The van der Waals surface area contributed by atoms with Gasteiger partial charge in [-0.15, -0.1) is 0 Å². The van der Waals surface area contributed by atoms with E-state index in [0.717, 1.165) is 57.7 Å². The molecular formula is C20H23ClFN3O. The third-order valence-corrected chi connectivity index (χ3v) is 5.71. The number of carbonyl (C=O) groups excluding carboxylic acids is 1. The van der Waals surface area contributed by atoms with Gasteiger partial charge in [0, 0.05) is 68.2 Å². The van der Waals surface area contributed by atoms with Crippen LogP contribution in [0.4, 0.5) is 10.1 Å². The summed E-state index contributed by atoms with van der Waals surface area (Å²) in [5.41, 5.74) is 2.74. The molecule has 2 aromatic rings. The number of ketones is 1. The second kappa shape index (κ2) is 7.41. The lowest BCUT2D eigenvalue weighted by atomic mass is 9.97. The monoisotopic (exact) mass is 375 g/mol. The van der Waals surface area contributed by atoms with Gasteiger partial charge in [0.2, 0.25) is 0 Å². The van der Waals surface area contributed by atoms with Gasteiger partial charge in [0.1, 0.15) is 5.82 Å². The molecule has 2 heterocycles. The molecule has 0 N–H and O–H groups in total. The average Bonchev–Trinajstić information content (AvgIpc) is 3.05. The topological polar surface area (TPSA) is 28.5 Å². The van der Waals surface area contributed by atoms with E-state index in [1.807, 2.05) is 12.3 Å². The molecule has 26 heavy (non-hydrogen) atoms. The molecule has 1 aliphatic heterocycles. The van der Waals surface area contributed by atoms with Crippen LogP contribution in [0.15, 0.2) is 30.5 Å². The van der Waals surface area contributed by atoms with Crippen LogP contribution in [0.5, 0.6) is 0 Å². The Balaban J connectivity index is 1.33. The average molecular weight is 376 g/mol. The van der Waals surface area contributed by atoms with Gasteiger partial charge in [-0.1, -0.05) is 11.6 Å². The van der Waals surface area contributed by atoms with Gasteiger partial charge < -0.3 is 9.47 Å². The molecule has 1 fully saturated rings. The Morgan fingerprint density at radius 3 is 2.62 bits per heavy atom. The maximum absolute atomic E-state index is 14.1. The molecule has 0 atom stereocenters. The van der Waals surface area contributed by atoms with Crippen LogP contribution in [0.25, 0.3) is 0 Å². The smallest absolute Gasteiger partial charge is 0.164 e. The minimum absolute atomic E-state index is 0.255. The van der Waals surface area contributed by atoms with Gasteiger partial charge in [-0.25, -0.2) is 4.39 Å². The van der Waals surface area contributed by atoms with Crippen LogP contribution in [-0.2, 0) is 13.0 Å².